The quantitative estimate of drug-likeness (QED) is 0.820. The zero-order valence-corrected chi connectivity index (χ0v) is 10.8. The van der Waals surface area contributed by atoms with Crippen molar-refractivity contribution in [1.29, 1.82) is 0 Å². The molecule has 1 heterocycles. The third-order valence-corrected chi connectivity index (χ3v) is 3.84. The lowest BCUT2D eigenvalue weighted by Gasteiger charge is -2.26. The van der Waals surface area contributed by atoms with Crippen molar-refractivity contribution < 1.29 is 9.53 Å². The van der Waals surface area contributed by atoms with E-state index < -0.39 is 0 Å². The second kappa shape index (κ2) is 5.96. The molecular formula is C13H17NO2S. The molecule has 0 aromatic heterocycles. The Morgan fingerprint density at radius 3 is 2.76 bits per heavy atom. The molecule has 0 radical (unpaired) electrons. The lowest BCUT2D eigenvalue weighted by Crippen LogP contribution is -2.38. The summed E-state index contributed by atoms with van der Waals surface area (Å²) in [7, 11) is 1.64. The first-order valence-electron chi connectivity index (χ1n) is 5.78. The number of amides is 1. The Balaban J connectivity index is 2.01. The fourth-order valence-corrected chi connectivity index (χ4v) is 2.84. The van der Waals surface area contributed by atoms with Crippen molar-refractivity contribution in [2.24, 2.45) is 0 Å². The van der Waals surface area contributed by atoms with Gasteiger partial charge >= 0.3 is 0 Å². The van der Waals surface area contributed by atoms with E-state index in [1.54, 1.807) is 7.11 Å². The van der Waals surface area contributed by atoms with E-state index in [2.05, 4.69) is 0 Å². The maximum atomic E-state index is 12.1. The molecule has 92 valence electrons. The first kappa shape index (κ1) is 12.3. The summed E-state index contributed by atoms with van der Waals surface area (Å²) in [6, 6.07) is 7.71. The molecule has 2 rings (SSSR count). The molecule has 1 fully saturated rings. The molecule has 1 aliphatic rings. The van der Waals surface area contributed by atoms with E-state index in [9.17, 15) is 4.79 Å². The summed E-state index contributed by atoms with van der Waals surface area (Å²) >= 11 is 1.91. The molecule has 0 atom stereocenters. The summed E-state index contributed by atoms with van der Waals surface area (Å²) in [5.74, 6) is 3.11. The second-order valence-corrected chi connectivity index (χ2v) is 5.21. The van der Waals surface area contributed by atoms with Gasteiger partial charge in [-0.25, -0.2) is 0 Å². The van der Waals surface area contributed by atoms with Gasteiger partial charge in [-0.05, 0) is 6.07 Å². The standard InChI is InChI=1S/C13H17NO2S/c1-16-12-5-3-2-4-11(12)10-13(15)14-6-8-17-9-7-14/h2-5H,6-10H2,1H3. The van der Waals surface area contributed by atoms with Gasteiger partial charge in [0.25, 0.3) is 0 Å². The molecule has 3 nitrogen and oxygen atoms in total. The highest BCUT2D eigenvalue weighted by atomic mass is 32.2. The molecule has 17 heavy (non-hydrogen) atoms. The average Bonchev–Trinajstić information content (AvgIpc) is 2.40. The molecule has 0 unspecified atom stereocenters. The summed E-state index contributed by atoms with van der Waals surface area (Å²) in [6.07, 6.45) is 0.439. The van der Waals surface area contributed by atoms with Crippen LogP contribution in [0.4, 0.5) is 0 Å². The number of hydrogen-bond acceptors (Lipinski definition) is 3. The highest BCUT2D eigenvalue weighted by Gasteiger charge is 2.18. The van der Waals surface area contributed by atoms with Crippen LogP contribution < -0.4 is 4.74 Å². The Bertz CT molecular complexity index is 389. The van der Waals surface area contributed by atoms with Gasteiger partial charge in [-0.1, -0.05) is 18.2 Å². The number of carbonyl (C=O) groups excluding carboxylic acids is 1. The highest BCUT2D eigenvalue weighted by molar-refractivity contribution is 7.99. The third kappa shape index (κ3) is 3.16. The van der Waals surface area contributed by atoms with Crippen LogP contribution >= 0.6 is 11.8 Å². The predicted octanol–water partition coefficient (Wildman–Crippen LogP) is 1.81. The number of thioether (sulfide) groups is 1. The largest absolute Gasteiger partial charge is 0.496 e. The number of benzene rings is 1. The fraction of sp³-hybridized carbons (Fsp3) is 0.462. The Labute approximate surface area is 106 Å². The van der Waals surface area contributed by atoms with Gasteiger partial charge in [0.2, 0.25) is 5.91 Å². The summed E-state index contributed by atoms with van der Waals surface area (Å²) in [5, 5.41) is 0. The second-order valence-electron chi connectivity index (χ2n) is 3.98. The normalized spacial score (nSPS) is 15.7. The van der Waals surface area contributed by atoms with Gasteiger partial charge in [0, 0.05) is 30.2 Å². The van der Waals surface area contributed by atoms with E-state index in [-0.39, 0.29) is 5.91 Å². The first-order valence-corrected chi connectivity index (χ1v) is 6.94. The predicted molar refractivity (Wildman–Crippen MR) is 70.6 cm³/mol. The number of hydrogen-bond donors (Lipinski definition) is 0. The minimum atomic E-state index is 0.204. The van der Waals surface area contributed by atoms with Gasteiger partial charge in [-0.2, -0.15) is 11.8 Å². The van der Waals surface area contributed by atoms with Crippen LogP contribution in [0.25, 0.3) is 0 Å². The maximum Gasteiger partial charge on any atom is 0.227 e. The monoisotopic (exact) mass is 251 g/mol. The van der Waals surface area contributed by atoms with Crippen molar-refractivity contribution in [3.8, 4) is 5.75 Å². The van der Waals surface area contributed by atoms with E-state index in [0.29, 0.717) is 6.42 Å². The minimum absolute atomic E-state index is 0.204. The molecule has 4 heteroatoms. The number of nitrogens with zero attached hydrogens (tertiary/aromatic N) is 1. The molecule has 1 aliphatic heterocycles. The Hall–Kier alpha value is -1.16. The number of rotatable bonds is 3. The molecule has 0 aliphatic carbocycles. The molecule has 1 aromatic carbocycles. The van der Waals surface area contributed by atoms with Gasteiger partial charge in [0.15, 0.2) is 0 Å². The highest BCUT2D eigenvalue weighted by Crippen LogP contribution is 2.19. The zero-order chi connectivity index (χ0) is 12.1. The molecule has 1 aromatic rings. The number of carbonyl (C=O) groups is 1. The van der Waals surface area contributed by atoms with Gasteiger partial charge in [0.05, 0.1) is 13.5 Å². The average molecular weight is 251 g/mol. The number of methoxy groups -OCH3 is 1. The van der Waals surface area contributed by atoms with Crippen molar-refractivity contribution in [3.05, 3.63) is 29.8 Å². The summed E-state index contributed by atoms with van der Waals surface area (Å²) in [4.78, 5) is 14.0. The SMILES string of the molecule is COc1ccccc1CC(=O)N1CCSCC1. The molecule has 0 saturated carbocycles. The van der Waals surface area contributed by atoms with Crippen LogP contribution in [-0.4, -0.2) is 42.5 Å². The first-order chi connectivity index (χ1) is 8.31. The third-order valence-electron chi connectivity index (χ3n) is 2.90. The summed E-state index contributed by atoms with van der Waals surface area (Å²) in [6.45, 7) is 1.75. The lowest BCUT2D eigenvalue weighted by molar-refractivity contribution is -0.130. The van der Waals surface area contributed by atoms with Crippen LogP contribution in [0, 0.1) is 0 Å². The maximum absolute atomic E-state index is 12.1. The number of ether oxygens (including phenoxy) is 1. The van der Waals surface area contributed by atoms with Crippen LogP contribution in [0.3, 0.4) is 0 Å². The van der Waals surface area contributed by atoms with Crippen LogP contribution in [-0.2, 0) is 11.2 Å². The van der Waals surface area contributed by atoms with Gasteiger partial charge in [-0.3, -0.25) is 4.79 Å². The van der Waals surface area contributed by atoms with Crippen molar-refractivity contribution in [2.45, 2.75) is 6.42 Å². The Morgan fingerprint density at radius 1 is 1.35 bits per heavy atom. The molecule has 0 spiro atoms. The van der Waals surface area contributed by atoms with E-state index in [1.165, 1.54) is 0 Å². The molecule has 0 N–H and O–H groups in total. The van der Waals surface area contributed by atoms with E-state index in [1.807, 2.05) is 40.9 Å². The minimum Gasteiger partial charge on any atom is -0.496 e. The van der Waals surface area contributed by atoms with Crippen molar-refractivity contribution in [2.75, 3.05) is 31.7 Å². The number of para-hydroxylation sites is 1. The van der Waals surface area contributed by atoms with Crippen LogP contribution in [0.15, 0.2) is 24.3 Å². The van der Waals surface area contributed by atoms with E-state index >= 15 is 0 Å². The van der Waals surface area contributed by atoms with Crippen LogP contribution in [0.5, 0.6) is 5.75 Å². The zero-order valence-electron chi connectivity index (χ0n) is 10.0. The van der Waals surface area contributed by atoms with E-state index in [0.717, 1.165) is 35.9 Å². The van der Waals surface area contributed by atoms with Crippen molar-refractivity contribution in [3.63, 3.8) is 0 Å². The Kier molecular flexibility index (Phi) is 4.31. The smallest absolute Gasteiger partial charge is 0.227 e. The Morgan fingerprint density at radius 2 is 2.06 bits per heavy atom. The molecule has 1 amide bonds. The molecular weight excluding hydrogens is 234 g/mol. The van der Waals surface area contributed by atoms with Crippen molar-refractivity contribution >= 4 is 17.7 Å². The van der Waals surface area contributed by atoms with Gasteiger partial charge in [-0.15, -0.1) is 0 Å². The topological polar surface area (TPSA) is 29.5 Å². The van der Waals surface area contributed by atoms with Crippen LogP contribution in [0.2, 0.25) is 0 Å². The van der Waals surface area contributed by atoms with E-state index in [4.69, 9.17) is 4.74 Å². The molecule has 0 bridgehead atoms. The summed E-state index contributed by atoms with van der Waals surface area (Å²) in [5.41, 5.74) is 0.971. The van der Waals surface area contributed by atoms with Crippen LogP contribution in [0.1, 0.15) is 5.56 Å². The molecule has 1 saturated heterocycles. The lowest BCUT2D eigenvalue weighted by atomic mass is 10.1. The van der Waals surface area contributed by atoms with Gasteiger partial charge < -0.3 is 9.64 Å². The van der Waals surface area contributed by atoms with Gasteiger partial charge in [0.1, 0.15) is 5.75 Å². The fourth-order valence-electron chi connectivity index (χ4n) is 1.94. The van der Waals surface area contributed by atoms with Crippen molar-refractivity contribution in [1.82, 2.24) is 4.90 Å². The summed E-state index contributed by atoms with van der Waals surface area (Å²) < 4.78 is 5.26.